The van der Waals surface area contributed by atoms with Gasteiger partial charge in [-0.25, -0.2) is 8.78 Å². The van der Waals surface area contributed by atoms with Crippen LogP contribution in [0.4, 0.5) is 8.78 Å². The highest BCUT2D eigenvalue weighted by molar-refractivity contribution is 6.20. The van der Waals surface area contributed by atoms with Crippen LogP contribution >= 0.6 is 0 Å². The van der Waals surface area contributed by atoms with E-state index in [4.69, 9.17) is 10.3 Å². The first-order chi connectivity index (χ1) is 18.6. The third kappa shape index (κ3) is 4.24. The van der Waals surface area contributed by atoms with E-state index in [1.807, 2.05) is 44.2 Å². The number of fused-ring (bicyclic) bond motifs is 3. The number of likely N-dealkylation sites (tertiary alicyclic amines) is 1. The summed E-state index contributed by atoms with van der Waals surface area (Å²) < 4.78 is 34.4. The van der Waals surface area contributed by atoms with Gasteiger partial charge in [-0.05, 0) is 61.7 Å². The molecule has 0 radical (unpaired) electrons. The fourth-order valence-corrected chi connectivity index (χ4v) is 5.56. The van der Waals surface area contributed by atoms with Gasteiger partial charge < -0.3 is 19.7 Å². The average Bonchev–Trinajstić information content (AvgIpc) is 3.40. The van der Waals surface area contributed by atoms with Gasteiger partial charge in [0.25, 0.3) is 11.8 Å². The molecule has 0 unspecified atom stereocenters. The first-order valence-corrected chi connectivity index (χ1v) is 12.7. The van der Waals surface area contributed by atoms with E-state index in [9.17, 15) is 18.4 Å². The van der Waals surface area contributed by atoms with Crippen molar-refractivity contribution in [2.75, 3.05) is 13.1 Å². The van der Waals surface area contributed by atoms with Crippen molar-refractivity contribution in [3.05, 3.63) is 88.8 Å². The van der Waals surface area contributed by atoms with Crippen LogP contribution < -0.4 is 5.73 Å². The van der Waals surface area contributed by atoms with E-state index in [0.717, 1.165) is 39.0 Å². The second-order valence-corrected chi connectivity index (χ2v) is 10.1. The summed E-state index contributed by atoms with van der Waals surface area (Å²) in [6.45, 7) is 3.04. The number of hydrogen-bond donors (Lipinski definition) is 1. The van der Waals surface area contributed by atoms with Gasteiger partial charge in [-0.1, -0.05) is 35.5 Å². The fourth-order valence-electron chi connectivity index (χ4n) is 5.56. The minimum atomic E-state index is -2.86. The van der Waals surface area contributed by atoms with Crippen LogP contribution in [0.15, 0.2) is 65.2 Å². The van der Waals surface area contributed by atoms with Crippen molar-refractivity contribution in [2.24, 2.45) is 5.73 Å². The number of halogens is 2. The molecule has 2 amide bonds. The molecule has 2 N–H and O–H groups in total. The predicted molar refractivity (Wildman–Crippen MR) is 144 cm³/mol. The second kappa shape index (κ2) is 9.04. The Morgan fingerprint density at radius 3 is 2.41 bits per heavy atom. The summed E-state index contributed by atoms with van der Waals surface area (Å²) in [7, 11) is 0. The van der Waals surface area contributed by atoms with E-state index in [2.05, 4.69) is 21.9 Å². The lowest BCUT2D eigenvalue weighted by molar-refractivity contribution is -0.113. The first kappa shape index (κ1) is 24.8. The van der Waals surface area contributed by atoms with Crippen LogP contribution in [0.5, 0.6) is 0 Å². The van der Waals surface area contributed by atoms with Crippen molar-refractivity contribution in [1.29, 1.82) is 0 Å². The zero-order valence-electron chi connectivity index (χ0n) is 21.5. The Hall–Kier alpha value is -4.53. The van der Waals surface area contributed by atoms with E-state index in [-0.39, 0.29) is 5.56 Å². The van der Waals surface area contributed by atoms with Crippen molar-refractivity contribution in [3.8, 4) is 11.1 Å². The number of hydrogen-bond acceptors (Lipinski definition) is 4. The lowest BCUT2D eigenvalue weighted by Gasteiger charge is -2.38. The number of primary amides is 1. The van der Waals surface area contributed by atoms with Crippen LogP contribution in [-0.2, 0) is 13.0 Å². The number of carbonyl (C=O) groups excluding carboxylic acids is 2. The number of carbonyl (C=O) groups is 2. The Bertz CT molecular complexity index is 1740. The lowest BCUT2D eigenvalue weighted by Crippen LogP contribution is -2.58. The standard InChI is InChI=1S/C30H26F2N4O3/c1-17-26(18(2)39-34-17)21-13-23(28(33)37)27-22-12-20(29(38)35-15-30(31,32)16-35)8-9-24(22)36(25(27)14-21)11-10-19-6-4-3-5-7-19/h3-9,12-14H,10-11,15-16H2,1-2H3,(H2,33,37). The van der Waals surface area contributed by atoms with E-state index >= 15 is 0 Å². The number of nitrogens with two attached hydrogens (primary N) is 1. The number of aryl methyl sites for hydroxylation is 4. The maximum atomic E-state index is 13.4. The van der Waals surface area contributed by atoms with Crippen LogP contribution in [0.1, 0.15) is 37.7 Å². The Balaban J connectivity index is 1.57. The van der Waals surface area contributed by atoms with Gasteiger partial charge in [0.1, 0.15) is 5.76 Å². The molecule has 1 aliphatic heterocycles. The van der Waals surface area contributed by atoms with E-state index in [0.29, 0.717) is 34.3 Å². The molecule has 1 saturated heterocycles. The summed E-state index contributed by atoms with van der Waals surface area (Å²) in [6.07, 6.45) is 0.727. The minimum absolute atomic E-state index is 0.283. The molecule has 0 saturated carbocycles. The maximum Gasteiger partial charge on any atom is 0.282 e. The number of alkyl halides is 2. The third-order valence-electron chi connectivity index (χ3n) is 7.40. The van der Waals surface area contributed by atoms with E-state index < -0.39 is 30.8 Å². The summed E-state index contributed by atoms with van der Waals surface area (Å²) >= 11 is 0. The molecule has 6 rings (SSSR count). The van der Waals surface area contributed by atoms with E-state index in [1.165, 1.54) is 0 Å². The topological polar surface area (TPSA) is 94.4 Å². The van der Waals surface area contributed by atoms with Gasteiger partial charge in [-0.3, -0.25) is 9.59 Å². The molecule has 0 bridgehead atoms. The molecule has 39 heavy (non-hydrogen) atoms. The predicted octanol–water partition coefficient (Wildman–Crippen LogP) is 5.50. The molecule has 9 heteroatoms. The Morgan fingerprint density at radius 1 is 1.03 bits per heavy atom. The summed E-state index contributed by atoms with van der Waals surface area (Å²) in [6, 6.07) is 18.9. The number of rotatable bonds is 6. The molecular formula is C30H26F2N4O3. The van der Waals surface area contributed by atoms with Gasteiger partial charge >= 0.3 is 0 Å². The highest BCUT2D eigenvalue weighted by atomic mass is 19.3. The largest absolute Gasteiger partial charge is 0.366 e. The Kier molecular flexibility index (Phi) is 5.75. The summed E-state index contributed by atoms with van der Waals surface area (Å²) in [5.74, 6) is -3.33. The SMILES string of the molecule is Cc1noc(C)c1-c1cc(C(N)=O)c2c3cc(C(=O)N4CC(F)(F)C4)ccc3n(CCc3ccccc3)c2c1. The zero-order valence-corrected chi connectivity index (χ0v) is 21.5. The zero-order chi connectivity index (χ0) is 27.5. The minimum Gasteiger partial charge on any atom is -0.366 e. The van der Waals surface area contributed by atoms with Gasteiger partial charge in [-0.15, -0.1) is 0 Å². The molecule has 3 aromatic carbocycles. The van der Waals surface area contributed by atoms with Crippen molar-refractivity contribution in [3.63, 3.8) is 0 Å². The van der Waals surface area contributed by atoms with Crippen LogP contribution in [0.2, 0.25) is 0 Å². The number of amides is 2. The molecule has 0 atom stereocenters. The fraction of sp³-hybridized carbons (Fsp3) is 0.233. The van der Waals surface area contributed by atoms with Gasteiger partial charge in [0.15, 0.2) is 0 Å². The van der Waals surface area contributed by atoms with Crippen molar-refractivity contribution in [1.82, 2.24) is 14.6 Å². The van der Waals surface area contributed by atoms with Crippen LogP contribution in [-0.4, -0.2) is 45.5 Å². The molecule has 2 aromatic heterocycles. The molecule has 198 valence electrons. The molecule has 7 nitrogen and oxygen atoms in total. The van der Waals surface area contributed by atoms with Crippen molar-refractivity contribution >= 4 is 33.6 Å². The monoisotopic (exact) mass is 528 g/mol. The molecule has 5 aromatic rings. The molecule has 1 fully saturated rings. The highest BCUT2D eigenvalue weighted by Gasteiger charge is 2.46. The van der Waals surface area contributed by atoms with Crippen LogP contribution in [0, 0.1) is 13.8 Å². The molecule has 1 aliphatic rings. The highest BCUT2D eigenvalue weighted by Crippen LogP contribution is 2.38. The van der Waals surface area contributed by atoms with Crippen molar-refractivity contribution in [2.45, 2.75) is 32.7 Å². The van der Waals surface area contributed by atoms with E-state index in [1.54, 1.807) is 18.2 Å². The van der Waals surface area contributed by atoms with Gasteiger partial charge in [0, 0.05) is 39.5 Å². The van der Waals surface area contributed by atoms with Gasteiger partial charge in [0.2, 0.25) is 5.91 Å². The smallest absolute Gasteiger partial charge is 0.282 e. The normalized spacial score (nSPS) is 14.6. The molecular weight excluding hydrogens is 502 g/mol. The quantitative estimate of drug-likeness (QED) is 0.315. The van der Waals surface area contributed by atoms with Crippen LogP contribution in [0.3, 0.4) is 0 Å². The number of aromatic nitrogens is 2. The Labute approximate surface area is 222 Å². The summed E-state index contributed by atoms with van der Waals surface area (Å²) in [5.41, 5.74) is 11.4. The number of benzene rings is 3. The summed E-state index contributed by atoms with van der Waals surface area (Å²) in [5, 5.41) is 5.34. The average molecular weight is 529 g/mol. The first-order valence-electron chi connectivity index (χ1n) is 12.7. The third-order valence-corrected chi connectivity index (χ3v) is 7.40. The summed E-state index contributed by atoms with van der Waals surface area (Å²) in [4.78, 5) is 26.9. The molecule has 3 heterocycles. The molecule has 0 aliphatic carbocycles. The van der Waals surface area contributed by atoms with Crippen LogP contribution in [0.25, 0.3) is 32.9 Å². The lowest BCUT2D eigenvalue weighted by atomic mass is 9.96. The Morgan fingerprint density at radius 2 is 1.77 bits per heavy atom. The van der Waals surface area contributed by atoms with Crippen molar-refractivity contribution < 1.29 is 22.9 Å². The number of nitrogens with zero attached hydrogens (tertiary/aromatic N) is 3. The van der Waals surface area contributed by atoms with Gasteiger partial charge in [-0.2, -0.15) is 0 Å². The maximum absolute atomic E-state index is 13.4. The molecule has 0 spiro atoms. The second-order valence-electron chi connectivity index (χ2n) is 10.1. The van der Waals surface area contributed by atoms with Gasteiger partial charge in [0.05, 0.1) is 24.3 Å².